The van der Waals surface area contributed by atoms with E-state index in [1.165, 1.54) is 10.6 Å². The maximum atomic E-state index is 12.5. The summed E-state index contributed by atoms with van der Waals surface area (Å²) in [6.45, 7) is 0. The topological polar surface area (TPSA) is 4.93 Å². The standard InChI is InChI=1S/C11H7ClF3N/c12-9-4-3-8(11(13,14)15)7-10(9)16-5-1-2-6-16/h1-7H. The van der Waals surface area contributed by atoms with E-state index in [0.717, 1.165) is 12.1 Å². The lowest BCUT2D eigenvalue weighted by molar-refractivity contribution is -0.137. The minimum atomic E-state index is -4.35. The molecule has 0 fully saturated rings. The molecule has 0 amide bonds. The van der Waals surface area contributed by atoms with Gasteiger partial charge in [0.25, 0.3) is 0 Å². The zero-order chi connectivity index (χ0) is 11.8. The van der Waals surface area contributed by atoms with Gasteiger partial charge in [0.2, 0.25) is 0 Å². The Morgan fingerprint density at radius 3 is 2.25 bits per heavy atom. The molecular formula is C11H7ClF3N. The molecule has 1 aromatic carbocycles. The molecule has 0 aliphatic heterocycles. The molecule has 0 N–H and O–H groups in total. The Kier molecular flexibility index (Phi) is 2.68. The molecule has 1 heterocycles. The van der Waals surface area contributed by atoms with Crippen LogP contribution in [0.4, 0.5) is 13.2 Å². The molecule has 16 heavy (non-hydrogen) atoms. The first kappa shape index (κ1) is 11.1. The number of aromatic nitrogens is 1. The number of benzene rings is 1. The zero-order valence-corrected chi connectivity index (χ0v) is 8.76. The SMILES string of the molecule is FC(F)(F)c1ccc(Cl)c(-n2cccc2)c1. The van der Waals surface area contributed by atoms with Gasteiger partial charge in [0.1, 0.15) is 0 Å². The second-order valence-corrected chi connectivity index (χ2v) is 3.66. The van der Waals surface area contributed by atoms with Gasteiger partial charge >= 0.3 is 6.18 Å². The van der Waals surface area contributed by atoms with E-state index < -0.39 is 11.7 Å². The Bertz CT molecular complexity index is 488. The lowest BCUT2D eigenvalue weighted by Crippen LogP contribution is -2.06. The van der Waals surface area contributed by atoms with Gasteiger partial charge in [0, 0.05) is 12.4 Å². The van der Waals surface area contributed by atoms with E-state index in [4.69, 9.17) is 11.6 Å². The van der Waals surface area contributed by atoms with Gasteiger partial charge in [0.05, 0.1) is 16.3 Å². The Morgan fingerprint density at radius 2 is 1.69 bits per heavy atom. The molecule has 1 nitrogen and oxygen atoms in total. The van der Waals surface area contributed by atoms with Gasteiger partial charge in [-0.1, -0.05) is 11.6 Å². The number of halogens is 4. The number of rotatable bonds is 1. The molecule has 1 aromatic heterocycles. The van der Waals surface area contributed by atoms with Crippen LogP contribution in [0.1, 0.15) is 5.56 Å². The highest BCUT2D eigenvalue weighted by Gasteiger charge is 2.31. The highest BCUT2D eigenvalue weighted by atomic mass is 35.5. The van der Waals surface area contributed by atoms with E-state index >= 15 is 0 Å². The number of nitrogens with zero attached hydrogens (tertiary/aromatic N) is 1. The summed E-state index contributed by atoms with van der Waals surface area (Å²) in [5.41, 5.74) is -0.387. The van der Waals surface area contributed by atoms with E-state index in [1.807, 2.05) is 0 Å². The molecule has 0 bridgehead atoms. The third-order valence-electron chi connectivity index (χ3n) is 2.16. The van der Waals surface area contributed by atoms with Crippen LogP contribution in [0.25, 0.3) is 5.69 Å². The summed E-state index contributed by atoms with van der Waals surface area (Å²) in [5.74, 6) is 0. The fourth-order valence-electron chi connectivity index (χ4n) is 1.38. The highest BCUT2D eigenvalue weighted by molar-refractivity contribution is 6.32. The lowest BCUT2D eigenvalue weighted by Gasteiger charge is -2.11. The quantitative estimate of drug-likeness (QED) is 0.711. The van der Waals surface area contributed by atoms with E-state index in [2.05, 4.69) is 0 Å². The smallest absolute Gasteiger partial charge is 0.322 e. The average molecular weight is 246 g/mol. The second kappa shape index (κ2) is 3.87. The third-order valence-corrected chi connectivity index (χ3v) is 2.48. The van der Waals surface area contributed by atoms with Crippen molar-refractivity contribution < 1.29 is 13.2 Å². The van der Waals surface area contributed by atoms with Gasteiger partial charge in [-0.25, -0.2) is 0 Å². The molecular weight excluding hydrogens is 239 g/mol. The van der Waals surface area contributed by atoms with Crippen LogP contribution in [0.3, 0.4) is 0 Å². The maximum Gasteiger partial charge on any atom is 0.416 e. The predicted octanol–water partition coefficient (Wildman–Crippen LogP) is 4.15. The molecule has 0 atom stereocenters. The van der Waals surface area contributed by atoms with Crippen molar-refractivity contribution in [3.63, 3.8) is 0 Å². The molecule has 5 heteroatoms. The minimum absolute atomic E-state index is 0.282. The van der Waals surface area contributed by atoms with Crippen LogP contribution in [0.5, 0.6) is 0 Å². The monoisotopic (exact) mass is 245 g/mol. The summed E-state index contributed by atoms with van der Waals surface area (Å²) in [6, 6.07) is 6.69. The second-order valence-electron chi connectivity index (χ2n) is 3.25. The molecule has 0 saturated heterocycles. The summed E-state index contributed by atoms with van der Waals surface area (Å²) < 4.78 is 39.0. The van der Waals surface area contributed by atoms with Crippen molar-refractivity contribution in [2.24, 2.45) is 0 Å². The van der Waals surface area contributed by atoms with E-state index in [9.17, 15) is 13.2 Å². The van der Waals surface area contributed by atoms with Crippen LogP contribution < -0.4 is 0 Å². The first-order valence-electron chi connectivity index (χ1n) is 4.48. The molecule has 0 aliphatic carbocycles. The van der Waals surface area contributed by atoms with Gasteiger partial charge in [-0.2, -0.15) is 13.2 Å². The van der Waals surface area contributed by atoms with E-state index in [-0.39, 0.29) is 5.02 Å². The van der Waals surface area contributed by atoms with Crippen LogP contribution in [0.2, 0.25) is 5.02 Å². The Hall–Kier alpha value is -1.42. The van der Waals surface area contributed by atoms with Crippen molar-refractivity contribution in [1.82, 2.24) is 4.57 Å². The Balaban J connectivity index is 2.54. The van der Waals surface area contributed by atoms with Gasteiger partial charge in [0.15, 0.2) is 0 Å². The summed E-state index contributed by atoms with van der Waals surface area (Å²) in [4.78, 5) is 0. The molecule has 0 saturated carbocycles. The fraction of sp³-hybridized carbons (Fsp3) is 0.0909. The van der Waals surface area contributed by atoms with Crippen LogP contribution in [0, 0.1) is 0 Å². The van der Waals surface area contributed by atoms with Crippen LogP contribution in [-0.4, -0.2) is 4.57 Å². The van der Waals surface area contributed by atoms with Gasteiger partial charge in [-0.3, -0.25) is 0 Å². The fourth-order valence-corrected chi connectivity index (χ4v) is 1.60. The van der Waals surface area contributed by atoms with Crippen molar-refractivity contribution in [3.05, 3.63) is 53.3 Å². The van der Waals surface area contributed by atoms with Crippen LogP contribution >= 0.6 is 11.6 Å². The molecule has 0 radical (unpaired) electrons. The molecule has 0 aliphatic rings. The van der Waals surface area contributed by atoms with Crippen LogP contribution in [0.15, 0.2) is 42.7 Å². The Morgan fingerprint density at radius 1 is 1.06 bits per heavy atom. The van der Waals surface area contributed by atoms with Crippen molar-refractivity contribution in [2.45, 2.75) is 6.18 Å². The molecule has 0 spiro atoms. The number of hydrogen-bond donors (Lipinski definition) is 0. The summed E-state index contributed by atoms with van der Waals surface area (Å²) in [5, 5.41) is 0.282. The summed E-state index contributed by atoms with van der Waals surface area (Å²) >= 11 is 5.85. The predicted molar refractivity (Wildman–Crippen MR) is 55.8 cm³/mol. The number of alkyl halides is 3. The molecule has 84 valence electrons. The van der Waals surface area contributed by atoms with E-state index in [1.54, 1.807) is 24.5 Å². The van der Waals surface area contributed by atoms with Crippen LogP contribution in [-0.2, 0) is 6.18 Å². The first-order chi connectivity index (χ1) is 7.48. The van der Waals surface area contributed by atoms with Gasteiger partial charge in [-0.05, 0) is 30.3 Å². The molecule has 2 aromatic rings. The maximum absolute atomic E-state index is 12.5. The average Bonchev–Trinajstić information content (AvgIpc) is 2.69. The summed E-state index contributed by atoms with van der Waals surface area (Å²) in [7, 11) is 0. The van der Waals surface area contributed by atoms with Crippen molar-refractivity contribution in [1.29, 1.82) is 0 Å². The highest BCUT2D eigenvalue weighted by Crippen LogP contribution is 2.33. The van der Waals surface area contributed by atoms with Crippen molar-refractivity contribution in [3.8, 4) is 5.69 Å². The van der Waals surface area contributed by atoms with Gasteiger partial charge in [-0.15, -0.1) is 0 Å². The van der Waals surface area contributed by atoms with E-state index in [0.29, 0.717) is 5.69 Å². The van der Waals surface area contributed by atoms with Gasteiger partial charge < -0.3 is 4.57 Å². The Labute approximate surface area is 95.1 Å². The summed E-state index contributed by atoms with van der Waals surface area (Å²) in [6.07, 6.45) is -1.07. The van der Waals surface area contributed by atoms with Crippen molar-refractivity contribution in [2.75, 3.05) is 0 Å². The first-order valence-corrected chi connectivity index (χ1v) is 4.86. The molecule has 2 rings (SSSR count). The van der Waals surface area contributed by atoms with Crippen molar-refractivity contribution >= 4 is 11.6 Å². The minimum Gasteiger partial charge on any atom is -0.322 e. The zero-order valence-electron chi connectivity index (χ0n) is 8.00. The third kappa shape index (κ3) is 2.07. The lowest BCUT2D eigenvalue weighted by atomic mass is 10.2. The normalized spacial score (nSPS) is 11.8. The number of hydrogen-bond acceptors (Lipinski definition) is 0. The molecule has 0 unspecified atom stereocenters. The largest absolute Gasteiger partial charge is 0.416 e.